The highest BCUT2D eigenvalue weighted by atomic mass is 32.2. The monoisotopic (exact) mass is 428 g/mol. The van der Waals surface area contributed by atoms with Crippen LogP contribution in [0.3, 0.4) is 0 Å². The van der Waals surface area contributed by atoms with Crippen molar-refractivity contribution in [2.24, 2.45) is 0 Å². The lowest BCUT2D eigenvalue weighted by Gasteiger charge is -2.08. The summed E-state index contributed by atoms with van der Waals surface area (Å²) < 4.78 is 18.3. The number of nitrogens with zero attached hydrogens (tertiary/aromatic N) is 4. The fourth-order valence-electron chi connectivity index (χ4n) is 2.88. The highest BCUT2D eigenvalue weighted by Gasteiger charge is 2.16. The summed E-state index contributed by atoms with van der Waals surface area (Å²) in [5.74, 6) is 3.65. The second-order valence-electron chi connectivity index (χ2n) is 6.03. The van der Waals surface area contributed by atoms with Crippen molar-refractivity contribution in [3.8, 4) is 33.7 Å². The molecule has 3 aromatic heterocycles. The van der Waals surface area contributed by atoms with Crippen LogP contribution in [0.15, 0.2) is 51.5 Å². The van der Waals surface area contributed by atoms with Crippen LogP contribution in [0.1, 0.15) is 12.6 Å². The van der Waals surface area contributed by atoms with Gasteiger partial charge in [-0.25, -0.2) is 4.98 Å². The molecular formula is C20H20N4O3S2. The lowest BCUT2D eigenvalue weighted by molar-refractivity contribution is 0.395. The maximum Gasteiger partial charge on any atom is 0.200 e. The minimum absolute atomic E-state index is 0.700. The molecule has 0 saturated carbocycles. The third kappa shape index (κ3) is 4.01. The van der Waals surface area contributed by atoms with E-state index in [1.807, 2.05) is 34.9 Å². The highest BCUT2D eigenvalue weighted by molar-refractivity contribution is 7.98. The molecule has 0 aliphatic heterocycles. The first-order chi connectivity index (χ1) is 14.2. The summed E-state index contributed by atoms with van der Waals surface area (Å²) in [5, 5.41) is 12.4. The van der Waals surface area contributed by atoms with Gasteiger partial charge in [0.2, 0.25) is 0 Å². The van der Waals surface area contributed by atoms with Gasteiger partial charge in [-0.1, -0.05) is 11.8 Å². The van der Waals surface area contributed by atoms with E-state index in [2.05, 4.69) is 22.5 Å². The Morgan fingerprint density at radius 1 is 1.17 bits per heavy atom. The maximum absolute atomic E-state index is 5.50. The third-order valence-electron chi connectivity index (χ3n) is 4.31. The van der Waals surface area contributed by atoms with E-state index < -0.39 is 0 Å². The quantitative estimate of drug-likeness (QED) is 0.366. The summed E-state index contributed by atoms with van der Waals surface area (Å²) >= 11 is 3.20. The van der Waals surface area contributed by atoms with Crippen LogP contribution < -0.4 is 9.47 Å². The minimum Gasteiger partial charge on any atom is -0.497 e. The van der Waals surface area contributed by atoms with Gasteiger partial charge >= 0.3 is 0 Å². The zero-order chi connectivity index (χ0) is 20.2. The summed E-state index contributed by atoms with van der Waals surface area (Å²) in [4.78, 5) is 4.77. The number of rotatable bonds is 8. The van der Waals surface area contributed by atoms with Crippen molar-refractivity contribution in [2.75, 3.05) is 14.2 Å². The summed E-state index contributed by atoms with van der Waals surface area (Å²) in [6.07, 6.45) is 1.64. The van der Waals surface area contributed by atoms with Gasteiger partial charge in [-0.2, -0.15) is 0 Å². The van der Waals surface area contributed by atoms with Crippen molar-refractivity contribution in [1.82, 2.24) is 19.7 Å². The molecule has 9 heteroatoms. The Kier molecular flexibility index (Phi) is 5.86. The molecule has 4 aromatic rings. The molecule has 0 N–H and O–H groups in total. The molecule has 29 heavy (non-hydrogen) atoms. The predicted octanol–water partition coefficient (Wildman–Crippen LogP) is 4.99. The van der Waals surface area contributed by atoms with Crippen LogP contribution in [-0.4, -0.2) is 34.0 Å². The number of methoxy groups -OCH3 is 2. The predicted molar refractivity (Wildman–Crippen MR) is 114 cm³/mol. The number of thioether (sulfide) groups is 1. The first kappa shape index (κ1) is 19.5. The van der Waals surface area contributed by atoms with Gasteiger partial charge in [0.15, 0.2) is 16.7 Å². The third-order valence-corrected chi connectivity index (χ3v) is 6.24. The number of thiazole rings is 1. The van der Waals surface area contributed by atoms with Crippen LogP contribution in [0.5, 0.6) is 11.5 Å². The number of ether oxygens (including phenoxy) is 2. The Bertz CT molecular complexity index is 1090. The van der Waals surface area contributed by atoms with Crippen LogP contribution >= 0.6 is 23.1 Å². The molecule has 0 aliphatic rings. The number of aromatic nitrogens is 4. The minimum atomic E-state index is 0.700. The largest absolute Gasteiger partial charge is 0.497 e. The van der Waals surface area contributed by atoms with Crippen molar-refractivity contribution in [3.05, 3.63) is 47.7 Å². The molecule has 0 bridgehead atoms. The van der Waals surface area contributed by atoms with Crippen molar-refractivity contribution >= 4 is 23.1 Å². The van der Waals surface area contributed by atoms with Gasteiger partial charge in [0.25, 0.3) is 0 Å². The molecule has 0 saturated heterocycles. The van der Waals surface area contributed by atoms with E-state index in [9.17, 15) is 0 Å². The van der Waals surface area contributed by atoms with Crippen LogP contribution in [0, 0.1) is 0 Å². The summed E-state index contributed by atoms with van der Waals surface area (Å²) in [7, 11) is 3.29. The van der Waals surface area contributed by atoms with Crippen LogP contribution in [0.25, 0.3) is 22.2 Å². The summed E-state index contributed by atoms with van der Waals surface area (Å²) in [6.45, 7) is 2.83. The van der Waals surface area contributed by atoms with E-state index >= 15 is 0 Å². The molecule has 4 rings (SSSR count). The number of benzene rings is 1. The molecule has 0 radical (unpaired) electrons. The zero-order valence-corrected chi connectivity index (χ0v) is 17.9. The van der Waals surface area contributed by atoms with Gasteiger partial charge < -0.3 is 13.9 Å². The van der Waals surface area contributed by atoms with Gasteiger partial charge in [-0.3, -0.25) is 4.57 Å². The average molecular weight is 429 g/mol. The Labute approximate surface area is 176 Å². The molecule has 0 aliphatic carbocycles. The molecular weight excluding hydrogens is 408 g/mol. The lowest BCUT2D eigenvalue weighted by atomic mass is 10.2. The van der Waals surface area contributed by atoms with Gasteiger partial charge in [0, 0.05) is 23.7 Å². The van der Waals surface area contributed by atoms with Gasteiger partial charge in [0.1, 0.15) is 16.5 Å². The van der Waals surface area contributed by atoms with Gasteiger partial charge in [-0.15, -0.1) is 21.5 Å². The Balaban J connectivity index is 1.51. The van der Waals surface area contributed by atoms with Crippen LogP contribution in [-0.2, 0) is 12.3 Å². The smallest absolute Gasteiger partial charge is 0.200 e. The number of furan rings is 1. The van der Waals surface area contributed by atoms with E-state index in [1.54, 1.807) is 43.6 Å². The molecule has 7 nitrogen and oxygen atoms in total. The van der Waals surface area contributed by atoms with Crippen molar-refractivity contribution in [1.29, 1.82) is 0 Å². The van der Waals surface area contributed by atoms with Gasteiger partial charge in [0.05, 0.1) is 31.7 Å². The van der Waals surface area contributed by atoms with Gasteiger partial charge in [-0.05, 0) is 31.2 Å². The standard InChI is InChI=1S/C20H20N4O3S2/c1-4-24-18(16-6-5-9-27-16)22-23-20(24)29-12-13-11-28-19(21-13)15-8-7-14(25-2)10-17(15)26-3/h5-11H,4,12H2,1-3H3. The number of hydrogen-bond acceptors (Lipinski definition) is 8. The highest BCUT2D eigenvalue weighted by Crippen LogP contribution is 2.36. The zero-order valence-electron chi connectivity index (χ0n) is 16.3. The molecule has 150 valence electrons. The van der Waals surface area contributed by atoms with Crippen molar-refractivity contribution in [3.63, 3.8) is 0 Å². The van der Waals surface area contributed by atoms with E-state index in [4.69, 9.17) is 18.9 Å². The molecule has 1 aromatic carbocycles. The Morgan fingerprint density at radius 2 is 2.07 bits per heavy atom. The van der Waals surface area contributed by atoms with Crippen molar-refractivity contribution in [2.45, 2.75) is 24.4 Å². The number of hydrogen-bond donors (Lipinski definition) is 0. The van der Waals surface area contributed by atoms with E-state index in [0.717, 1.165) is 45.3 Å². The molecule has 0 amide bonds. The summed E-state index contributed by atoms with van der Waals surface area (Å²) in [5.41, 5.74) is 1.93. The first-order valence-electron chi connectivity index (χ1n) is 9.00. The second-order valence-corrected chi connectivity index (χ2v) is 7.83. The van der Waals surface area contributed by atoms with E-state index in [-0.39, 0.29) is 0 Å². The molecule has 0 spiro atoms. The molecule has 3 heterocycles. The van der Waals surface area contributed by atoms with E-state index in [0.29, 0.717) is 11.5 Å². The Hall–Kier alpha value is -2.78. The molecule has 0 unspecified atom stereocenters. The maximum atomic E-state index is 5.50. The fraction of sp³-hybridized carbons (Fsp3) is 0.250. The molecule has 0 fully saturated rings. The normalized spacial score (nSPS) is 11.0. The first-order valence-corrected chi connectivity index (χ1v) is 10.9. The Morgan fingerprint density at radius 3 is 2.79 bits per heavy atom. The second kappa shape index (κ2) is 8.71. The van der Waals surface area contributed by atoms with Crippen molar-refractivity contribution < 1.29 is 13.9 Å². The average Bonchev–Trinajstić information content (AvgIpc) is 3.51. The fourth-order valence-corrected chi connectivity index (χ4v) is 4.73. The van der Waals surface area contributed by atoms with Crippen LogP contribution in [0.4, 0.5) is 0 Å². The van der Waals surface area contributed by atoms with Crippen LogP contribution in [0.2, 0.25) is 0 Å². The topological polar surface area (TPSA) is 75.2 Å². The lowest BCUT2D eigenvalue weighted by Crippen LogP contribution is -1.99. The van der Waals surface area contributed by atoms with E-state index in [1.165, 1.54) is 0 Å². The molecule has 0 atom stereocenters. The SMILES string of the molecule is CCn1c(SCc2csc(-c3ccc(OC)cc3OC)n2)nnc1-c1ccco1. The summed E-state index contributed by atoms with van der Waals surface area (Å²) in [6, 6.07) is 9.48.